The molecule has 0 radical (unpaired) electrons. The van der Waals surface area contributed by atoms with Crippen molar-refractivity contribution in [3.8, 4) is 0 Å². The molecule has 2 unspecified atom stereocenters. The lowest BCUT2D eigenvalue weighted by Gasteiger charge is -2.22. The molecule has 16 heavy (non-hydrogen) atoms. The highest BCUT2D eigenvalue weighted by Gasteiger charge is 2.31. The number of rotatable bonds is 2. The van der Waals surface area contributed by atoms with Gasteiger partial charge in [0.05, 0.1) is 0 Å². The van der Waals surface area contributed by atoms with Crippen molar-refractivity contribution in [2.45, 2.75) is 13.0 Å². The summed E-state index contributed by atoms with van der Waals surface area (Å²) in [4.78, 5) is 13.0. The predicted molar refractivity (Wildman–Crippen MR) is 68.6 cm³/mol. The molecule has 0 bridgehead atoms. The smallest absolute Gasteiger partial charge is 0.133 e. The highest BCUT2D eigenvalue weighted by molar-refractivity contribution is 9.10. The summed E-state index contributed by atoms with van der Waals surface area (Å²) in [6.45, 7) is 4.39. The van der Waals surface area contributed by atoms with Gasteiger partial charge in [0.15, 0.2) is 0 Å². The third-order valence-corrected chi connectivity index (χ3v) is 3.61. The molecule has 1 aliphatic rings. The number of anilines is 1. The second kappa shape index (κ2) is 4.67. The average molecular weight is 285 g/mol. The third kappa shape index (κ3) is 2.35. The van der Waals surface area contributed by atoms with Gasteiger partial charge in [-0.3, -0.25) is 0 Å². The summed E-state index contributed by atoms with van der Waals surface area (Å²) in [5.74, 6) is 1.68. The maximum absolute atomic E-state index is 4.32. The van der Waals surface area contributed by atoms with E-state index in [0.29, 0.717) is 12.0 Å². The Bertz CT molecular complexity index is 369. The molecule has 0 saturated carbocycles. The molecule has 0 spiro atoms. The van der Waals surface area contributed by atoms with E-state index in [1.807, 2.05) is 6.07 Å². The molecule has 0 N–H and O–H groups in total. The Labute approximate surface area is 105 Å². The SMILES string of the molecule is CC1CN(c2cc(Br)ncn2)CC1N(C)C. The van der Waals surface area contributed by atoms with Gasteiger partial charge in [0, 0.05) is 25.2 Å². The monoisotopic (exact) mass is 284 g/mol. The number of halogens is 1. The van der Waals surface area contributed by atoms with Crippen LogP contribution in [0.4, 0.5) is 5.82 Å². The standard InChI is InChI=1S/C11H17BrN4/c1-8-5-16(6-9(8)15(2)3)11-4-10(12)13-7-14-11/h4,7-9H,5-6H2,1-3H3. The number of likely N-dealkylation sites (N-methyl/N-ethyl adjacent to an activating group) is 1. The van der Waals surface area contributed by atoms with Gasteiger partial charge in [0.1, 0.15) is 16.7 Å². The van der Waals surface area contributed by atoms with Gasteiger partial charge in [-0.15, -0.1) is 0 Å². The minimum Gasteiger partial charge on any atom is -0.355 e. The number of hydrogen-bond acceptors (Lipinski definition) is 4. The van der Waals surface area contributed by atoms with Crippen LogP contribution in [0.25, 0.3) is 0 Å². The van der Waals surface area contributed by atoms with Crippen molar-refractivity contribution in [2.75, 3.05) is 32.1 Å². The molecule has 1 aliphatic heterocycles. The Balaban J connectivity index is 2.13. The summed E-state index contributed by atoms with van der Waals surface area (Å²) in [5.41, 5.74) is 0. The maximum Gasteiger partial charge on any atom is 0.133 e. The molecule has 88 valence electrons. The first kappa shape index (κ1) is 11.8. The van der Waals surface area contributed by atoms with E-state index < -0.39 is 0 Å². The lowest BCUT2D eigenvalue weighted by atomic mass is 10.1. The lowest BCUT2D eigenvalue weighted by molar-refractivity contribution is 0.266. The first-order valence-corrected chi connectivity index (χ1v) is 6.26. The highest BCUT2D eigenvalue weighted by atomic mass is 79.9. The van der Waals surface area contributed by atoms with Crippen LogP contribution in [0.2, 0.25) is 0 Å². The molecule has 0 amide bonds. The average Bonchev–Trinajstić information content (AvgIpc) is 2.60. The molecular weight excluding hydrogens is 268 g/mol. The molecule has 1 aromatic rings. The summed E-state index contributed by atoms with van der Waals surface area (Å²) in [6, 6.07) is 2.58. The molecule has 1 saturated heterocycles. The first-order valence-electron chi connectivity index (χ1n) is 5.47. The molecule has 2 rings (SSSR count). The van der Waals surface area contributed by atoms with E-state index in [1.54, 1.807) is 6.33 Å². The fraction of sp³-hybridized carbons (Fsp3) is 0.636. The Kier molecular flexibility index (Phi) is 3.44. The predicted octanol–water partition coefficient (Wildman–Crippen LogP) is 1.63. The topological polar surface area (TPSA) is 32.3 Å². The van der Waals surface area contributed by atoms with Gasteiger partial charge in [0.2, 0.25) is 0 Å². The molecule has 2 atom stereocenters. The number of nitrogens with zero attached hydrogens (tertiary/aromatic N) is 4. The van der Waals surface area contributed by atoms with Gasteiger partial charge in [0.25, 0.3) is 0 Å². The van der Waals surface area contributed by atoms with Crippen molar-refractivity contribution >= 4 is 21.7 Å². The largest absolute Gasteiger partial charge is 0.355 e. The van der Waals surface area contributed by atoms with Crippen molar-refractivity contribution in [1.29, 1.82) is 0 Å². The molecule has 0 aromatic carbocycles. The van der Waals surface area contributed by atoms with Gasteiger partial charge >= 0.3 is 0 Å². The second-order valence-corrected chi connectivity index (χ2v) is 5.42. The van der Waals surface area contributed by atoms with Crippen LogP contribution < -0.4 is 4.90 Å². The van der Waals surface area contributed by atoms with Crippen LogP contribution in [0.15, 0.2) is 17.0 Å². The number of aromatic nitrogens is 2. The summed E-state index contributed by atoms with van der Waals surface area (Å²) in [5, 5.41) is 0. The van der Waals surface area contributed by atoms with Crippen LogP contribution in [0.1, 0.15) is 6.92 Å². The zero-order chi connectivity index (χ0) is 11.7. The fourth-order valence-corrected chi connectivity index (χ4v) is 2.60. The minimum absolute atomic E-state index is 0.605. The summed E-state index contributed by atoms with van der Waals surface area (Å²) >= 11 is 3.38. The van der Waals surface area contributed by atoms with Gasteiger partial charge in [-0.25, -0.2) is 9.97 Å². The van der Waals surface area contributed by atoms with E-state index in [4.69, 9.17) is 0 Å². The second-order valence-electron chi connectivity index (χ2n) is 4.61. The molecule has 4 nitrogen and oxygen atoms in total. The highest BCUT2D eigenvalue weighted by Crippen LogP contribution is 2.25. The van der Waals surface area contributed by atoms with Gasteiger partial charge in [-0.1, -0.05) is 6.92 Å². The Morgan fingerprint density at radius 2 is 2.12 bits per heavy atom. The quantitative estimate of drug-likeness (QED) is 0.773. The first-order chi connectivity index (χ1) is 7.58. The normalized spacial score (nSPS) is 25.4. The van der Waals surface area contributed by atoms with Crippen LogP contribution in [0.5, 0.6) is 0 Å². The van der Waals surface area contributed by atoms with Crippen molar-refractivity contribution < 1.29 is 0 Å². The summed E-state index contributed by atoms with van der Waals surface area (Å²) in [7, 11) is 4.28. The zero-order valence-corrected chi connectivity index (χ0v) is 11.5. The Morgan fingerprint density at radius 1 is 1.38 bits per heavy atom. The Hall–Kier alpha value is -0.680. The van der Waals surface area contributed by atoms with Gasteiger partial charge < -0.3 is 9.80 Å². The molecule has 1 fully saturated rings. The van der Waals surface area contributed by atoms with Crippen molar-refractivity contribution in [3.05, 3.63) is 17.0 Å². The van der Waals surface area contributed by atoms with E-state index in [1.165, 1.54) is 0 Å². The zero-order valence-electron chi connectivity index (χ0n) is 9.89. The van der Waals surface area contributed by atoms with Crippen LogP contribution in [-0.2, 0) is 0 Å². The maximum atomic E-state index is 4.32. The van der Waals surface area contributed by atoms with E-state index in [-0.39, 0.29) is 0 Å². The Morgan fingerprint density at radius 3 is 2.69 bits per heavy atom. The van der Waals surface area contributed by atoms with Gasteiger partial charge in [-0.05, 0) is 35.9 Å². The van der Waals surface area contributed by atoms with E-state index in [0.717, 1.165) is 23.5 Å². The van der Waals surface area contributed by atoms with Gasteiger partial charge in [-0.2, -0.15) is 0 Å². The van der Waals surface area contributed by atoms with E-state index in [2.05, 4.69) is 56.7 Å². The molecule has 5 heteroatoms. The van der Waals surface area contributed by atoms with E-state index >= 15 is 0 Å². The number of hydrogen-bond donors (Lipinski definition) is 0. The molecular formula is C11H17BrN4. The molecule has 0 aliphatic carbocycles. The molecule has 2 heterocycles. The summed E-state index contributed by atoms with van der Waals surface area (Å²) < 4.78 is 0.846. The van der Waals surface area contributed by atoms with Crippen molar-refractivity contribution in [3.63, 3.8) is 0 Å². The molecule has 1 aromatic heterocycles. The fourth-order valence-electron chi connectivity index (χ4n) is 2.31. The van der Waals surface area contributed by atoms with Crippen LogP contribution >= 0.6 is 15.9 Å². The van der Waals surface area contributed by atoms with Crippen molar-refractivity contribution in [2.24, 2.45) is 5.92 Å². The minimum atomic E-state index is 0.605. The van der Waals surface area contributed by atoms with Crippen LogP contribution in [0.3, 0.4) is 0 Å². The lowest BCUT2D eigenvalue weighted by Crippen LogP contribution is -2.34. The summed E-state index contributed by atoms with van der Waals surface area (Å²) in [6.07, 6.45) is 1.60. The third-order valence-electron chi connectivity index (χ3n) is 3.18. The van der Waals surface area contributed by atoms with Crippen molar-refractivity contribution in [1.82, 2.24) is 14.9 Å². The van der Waals surface area contributed by atoms with Crippen LogP contribution in [0, 0.1) is 5.92 Å². The van der Waals surface area contributed by atoms with Crippen LogP contribution in [-0.4, -0.2) is 48.1 Å². The van der Waals surface area contributed by atoms with E-state index in [9.17, 15) is 0 Å².